The minimum atomic E-state index is -0.0131. The van der Waals surface area contributed by atoms with E-state index in [1.165, 1.54) is 0 Å². The lowest BCUT2D eigenvalue weighted by Gasteiger charge is -2.25. The number of anilines is 4. The molecule has 6 N–H and O–H groups in total. The summed E-state index contributed by atoms with van der Waals surface area (Å²) in [5.41, 5.74) is 15.7. The number of nitrogens with one attached hydrogen (secondary N) is 2. The normalized spacial score (nSPS) is 12.7. The average Bonchev–Trinajstić information content (AvgIpc) is 3.08. The molecular formula is C20H29ClN8. The first-order chi connectivity index (χ1) is 13.7. The van der Waals surface area contributed by atoms with Crippen molar-refractivity contribution in [2.24, 2.45) is 5.73 Å². The fourth-order valence-electron chi connectivity index (χ4n) is 3.13. The van der Waals surface area contributed by atoms with Gasteiger partial charge in [0.05, 0.1) is 22.1 Å². The van der Waals surface area contributed by atoms with E-state index in [9.17, 15) is 0 Å². The third-order valence-corrected chi connectivity index (χ3v) is 4.87. The molecule has 0 fully saturated rings. The van der Waals surface area contributed by atoms with Crippen molar-refractivity contribution in [2.75, 3.05) is 22.9 Å². The van der Waals surface area contributed by atoms with E-state index in [2.05, 4.69) is 53.1 Å². The molecule has 0 spiro atoms. The van der Waals surface area contributed by atoms with Gasteiger partial charge in [0.2, 0.25) is 5.95 Å². The number of hydrogen-bond donors (Lipinski definition) is 4. The van der Waals surface area contributed by atoms with Crippen LogP contribution in [0, 0.1) is 0 Å². The summed E-state index contributed by atoms with van der Waals surface area (Å²) in [4.78, 5) is 4.82. The van der Waals surface area contributed by atoms with Crippen LogP contribution in [0.15, 0.2) is 18.2 Å². The first-order valence-corrected chi connectivity index (χ1v) is 10.2. The zero-order valence-electron chi connectivity index (χ0n) is 17.5. The SMILES string of the molecule is CC(N)CNc1nc(Nc2ccc(N)c(Cl)c2)c2nnc(C(C)C)c-2n1C(C)C. The number of nitrogen functional groups attached to an aromatic ring is 1. The molecule has 156 valence electrons. The Morgan fingerprint density at radius 3 is 2.45 bits per heavy atom. The summed E-state index contributed by atoms with van der Waals surface area (Å²) in [5.74, 6) is 1.53. The molecule has 1 unspecified atom stereocenters. The summed E-state index contributed by atoms with van der Waals surface area (Å²) >= 11 is 6.18. The van der Waals surface area contributed by atoms with Crippen molar-refractivity contribution < 1.29 is 0 Å². The molecule has 2 aliphatic heterocycles. The molecule has 1 aromatic rings. The number of rotatable bonds is 7. The van der Waals surface area contributed by atoms with Gasteiger partial charge < -0.3 is 26.7 Å². The van der Waals surface area contributed by atoms with Gasteiger partial charge in [-0.05, 0) is 44.9 Å². The van der Waals surface area contributed by atoms with E-state index < -0.39 is 0 Å². The predicted octanol–water partition coefficient (Wildman–Crippen LogP) is 4.22. The third-order valence-electron chi connectivity index (χ3n) is 4.54. The second-order valence-electron chi connectivity index (χ2n) is 7.90. The van der Waals surface area contributed by atoms with Crippen LogP contribution < -0.4 is 22.1 Å². The van der Waals surface area contributed by atoms with Crippen molar-refractivity contribution in [3.8, 4) is 11.4 Å². The van der Waals surface area contributed by atoms with Gasteiger partial charge in [-0.2, -0.15) is 10.1 Å². The molecule has 8 nitrogen and oxygen atoms in total. The van der Waals surface area contributed by atoms with Gasteiger partial charge in [-0.3, -0.25) is 0 Å². The van der Waals surface area contributed by atoms with Crippen LogP contribution in [0.25, 0.3) is 11.4 Å². The van der Waals surface area contributed by atoms with Crippen molar-refractivity contribution in [1.29, 1.82) is 0 Å². The van der Waals surface area contributed by atoms with E-state index in [0.717, 1.165) is 17.1 Å². The molecule has 0 radical (unpaired) electrons. The van der Waals surface area contributed by atoms with Gasteiger partial charge in [-0.25, -0.2) is 0 Å². The van der Waals surface area contributed by atoms with Gasteiger partial charge >= 0.3 is 0 Å². The van der Waals surface area contributed by atoms with E-state index in [4.69, 9.17) is 28.1 Å². The monoisotopic (exact) mass is 416 g/mol. The Balaban J connectivity index is 2.17. The lowest BCUT2D eigenvalue weighted by atomic mass is 10.1. The quantitative estimate of drug-likeness (QED) is 0.425. The zero-order valence-corrected chi connectivity index (χ0v) is 18.2. The standard InChI is InChI=1S/C20H29ClN8/c1-10(2)16-18-17(28-27-16)19(25-13-6-7-15(23)14(21)8-13)26-20(24-9-12(5)22)29(18)11(3)4/h6-8,10-12,25H,9,22-23H2,1-5H3,(H,24,26). The van der Waals surface area contributed by atoms with Crippen LogP contribution in [0.5, 0.6) is 0 Å². The van der Waals surface area contributed by atoms with Crippen LogP contribution >= 0.6 is 11.6 Å². The lowest BCUT2D eigenvalue weighted by molar-refractivity contribution is 0.591. The van der Waals surface area contributed by atoms with Crippen molar-refractivity contribution in [3.63, 3.8) is 0 Å². The molecule has 9 heteroatoms. The average molecular weight is 417 g/mol. The number of hydrogen-bond acceptors (Lipinski definition) is 7. The highest BCUT2D eigenvalue weighted by Crippen LogP contribution is 2.38. The maximum Gasteiger partial charge on any atom is 0.205 e. The van der Waals surface area contributed by atoms with Crippen molar-refractivity contribution in [2.45, 2.75) is 52.6 Å². The number of benzene rings is 1. The van der Waals surface area contributed by atoms with Gasteiger partial charge in [-0.15, -0.1) is 5.10 Å². The molecule has 0 aromatic heterocycles. The molecule has 1 atom stereocenters. The van der Waals surface area contributed by atoms with Gasteiger partial charge in [0, 0.05) is 24.3 Å². The summed E-state index contributed by atoms with van der Waals surface area (Å²) in [5, 5.41) is 16.1. The maximum atomic E-state index is 6.18. The second kappa shape index (κ2) is 8.42. The van der Waals surface area contributed by atoms with Crippen LogP contribution in [-0.2, 0) is 0 Å². The fourth-order valence-corrected chi connectivity index (χ4v) is 3.31. The highest BCUT2D eigenvalue weighted by molar-refractivity contribution is 6.33. The summed E-state index contributed by atoms with van der Waals surface area (Å²) in [6.07, 6.45) is 0. The van der Waals surface area contributed by atoms with Gasteiger partial charge in [-0.1, -0.05) is 25.4 Å². The summed E-state index contributed by atoms with van der Waals surface area (Å²) in [7, 11) is 0. The van der Waals surface area contributed by atoms with Crippen molar-refractivity contribution in [3.05, 3.63) is 28.9 Å². The fraction of sp³-hybridized carbons (Fsp3) is 0.450. The number of aromatic nitrogens is 4. The molecule has 2 heterocycles. The molecule has 0 saturated carbocycles. The Morgan fingerprint density at radius 2 is 1.86 bits per heavy atom. The molecule has 0 amide bonds. The summed E-state index contributed by atoms with van der Waals surface area (Å²) in [6, 6.07) is 5.52. The first kappa shape index (κ1) is 21.1. The first-order valence-electron chi connectivity index (χ1n) is 9.79. The summed E-state index contributed by atoms with van der Waals surface area (Å²) < 4.78 is 2.13. The molecule has 0 saturated heterocycles. The minimum Gasteiger partial charge on any atom is -0.398 e. The maximum absolute atomic E-state index is 6.18. The van der Waals surface area contributed by atoms with E-state index in [1.807, 2.05) is 13.0 Å². The van der Waals surface area contributed by atoms with Crippen LogP contribution in [-0.4, -0.2) is 32.3 Å². The highest BCUT2D eigenvalue weighted by atomic mass is 35.5. The van der Waals surface area contributed by atoms with E-state index in [-0.39, 0.29) is 18.0 Å². The van der Waals surface area contributed by atoms with Gasteiger partial charge in [0.15, 0.2) is 11.5 Å². The van der Waals surface area contributed by atoms with E-state index >= 15 is 0 Å². The number of fused-ring (bicyclic) bond motifs is 1. The van der Waals surface area contributed by atoms with E-state index in [0.29, 0.717) is 34.7 Å². The second-order valence-corrected chi connectivity index (χ2v) is 8.31. The van der Waals surface area contributed by atoms with Crippen LogP contribution in [0.1, 0.15) is 52.3 Å². The molecule has 1 aromatic carbocycles. The molecule has 0 bridgehead atoms. The predicted molar refractivity (Wildman–Crippen MR) is 120 cm³/mol. The molecule has 2 aliphatic rings. The Labute approximate surface area is 176 Å². The van der Waals surface area contributed by atoms with Gasteiger partial charge in [0.1, 0.15) is 0 Å². The molecule has 29 heavy (non-hydrogen) atoms. The molecular weight excluding hydrogens is 388 g/mol. The number of nitrogens with two attached hydrogens (primary N) is 2. The largest absolute Gasteiger partial charge is 0.398 e. The minimum absolute atomic E-state index is 0.0131. The zero-order chi connectivity index (χ0) is 21.3. The smallest absolute Gasteiger partial charge is 0.205 e. The Hall–Kier alpha value is -2.58. The third kappa shape index (κ3) is 4.38. The highest BCUT2D eigenvalue weighted by Gasteiger charge is 2.28. The topological polar surface area (TPSA) is 120 Å². The van der Waals surface area contributed by atoms with Crippen molar-refractivity contribution >= 4 is 34.7 Å². The van der Waals surface area contributed by atoms with Crippen LogP contribution in [0.2, 0.25) is 5.02 Å². The Bertz CT molecular complexity index is 963. The molecule has 3 rings (SSSR count). The van der Waals surface area contributed by atoms with Crippen LogP contribution in [0.4, 0.5) is 23.1 Å². The lowest BCUT2D eigenvalue weighted by Crippen LogP contribution is -2.28. The summed E-state index contributed by atoms with van der Waals surface area (Å²) in [6.45, 7) is 11.0. The van der Waals surface area contributed by atoms with Crippen molar-refractivity contribution in [1.82, 2.24) is 19.7 Å². The number of halogens is 1. The van der Waals surface area contributed by atoms with E-state index in [1.54, 1.807) is 12.1 Å². The molecule has 0 aliphatic carbocycles. The Kier molecular flexibility index (Phi) is 6.14. The Morgan fingerprint density at radius 1 is 1.14 bits per heavy atom. The number of nitrogens with zero attached hydrogens (tertiary/aromatic N) is 4. The van der Waals surface area contributed by atoms with Crippen LogP contribution in [0.3, 0.4) is 0 Å². The van der Waals surface area contributed by atoms with Gasteiger partial charge in [0.25, 0.3) is 0 Å².